The first-order valence-electron chi connectivity index (χ1n) is 17.0. The van der Waals surface area contributed by atoms with E-state index >= 15 is 0 Å². The van der Waals surface area contributed by atoms with Crippen LogP contribution in [0, 0.1) is 0 Å². The molecule has 9 nitrogen and oxygen atoms in total. The number of hydrogen-bond acceptors (Lipinski definition) is 8. The largest absolute Gasteiger partial charge is 0.487 e. The predicted molar refractivity (Wildman–Crippen MR) is 167 cm³/mol. The van der Waals surface area contributed by atoms with Gasteiger partial charge in [0.15, 0.2) is 23.0 Å². The van der Waals surface area contributed by atoms with Crippen molar-refractivity contribution in [2.75, 3.05) is 79.3 Å². The van der Waals surface area contributed by atoms with E-state index in [1.54, 1.807) is 0 Å². The molecule has 0 bridgehead atoms. The molecule has 0 atom stereocenters. The maximum atomic E-state index is 9.87. The van der Waals surface area contributed by atoms with Crippen molar-refractivity contribution in [1.82, 2.24) is 0 Å². The van der Waals surface area contributed by atoms with E-state index in [-0.39, 0.29) is 50.0 Å². The second-order valence-electron chi connectivity index (χ2n) is 9.92. The molecule has 0 radical (unpaired) electrons. The maximum absolute atomic E-state index is 10.7. The van der Waals surface area contributed by atoms with Crippen LogP contribution in [0.2, 0.25) is 0 Å². The van der Waals surface area contributed by atoms with Gasteiger partial charge in [0.05, 0.1) is 58.3 Å². The summed E-state index contributed by atoms with van der Waals surface area (Å²) in [5.41, 5.74) is 2.39. The molecule has 0 fully saturated rings. The van der Waals surface area contributed by atoms with Crippen LogP contribution in [0.25, 0.3) is 0 Å². The monoisotopic (exact) mass is 717 g/mol. The Hall–Kier alpha value is -3.33. The second kappa shape index (κ2) is 19.0. The number of rotatable bonds is 4. The summed E-state index contributed by atoms with van der Waals surface area (Å²) >= 11 is 0. The van der Waals surface area contributed by atoms with Gasteiger partial charge in [-0.05, 0) is 30.3 Å². The summed E-state index contributed by atoms with van der Waals surface area (Å²) in [6.07, 6.45) is 0. The van der Waals surface area contributed by atoms with Gasteiger partial charge in [-0.25, -0.2) is 0 Å². The van der Waals surface area contributed by atoms with Crippen LogP contribution in [0.15, 0.2) is 72.7 Å². The van der Waals surface area contributed by atoms with Gasteiger partial charge < -0.3 is 43.2 Å². The Labute approximate surface area is 281 Å². The van der Waals surface area contributed by atoms with Crippen LogP contribution in [0.4, 0.5) is 25.2 Å². The Morgan fingerprint density at radius 3 is 1.38 bits per heavy atom. The first-order valence-corrected chi connectivity index (χ1v) is 17.0. The fourth-order valence-electron chi connectivity index (χ4n) is 3.89. The molecule has 0 spiro atoms. The van der Waals surface area contributed by atoms with Gasteiger partial charge in [-0.15, -0.1) is 0 Å². The van der Waals surface area contributed by atoms with Gasteiger partial charge >= 0.3 is 33.0 Å². The summed E-state index contributed by atoms with van der Waals surface area (Å²) in [5, 5.41) is 2.24. The van der Waals surface area contributed by atoms with Crippen molar-refractivity contribution in [2.24, 2.45) is 0 Å². The minimum Gasteiger partial charge on any atom is -0.487 e. The third kappa shape index (κ3) is 20.1. The molecule has 3 aromatic carbocycles. The fourth-order valence-corrected chi connectivity index (χ4v) is 3.89. The zero-order chi connectivity index (χ0) is 38.1. The maximum Gasteiger partial charge on any atom is 0.161 e. The minimum absolute atomic E-state index is 0.0616. The zero-order valence-electron chi connectivity index (χ0n) is 30.1. The van der Waals surface area contributed by atoms with Crippen LogP contribution in [-0.2, 0) is 32.0 Å². The molecular weight excluding hydrogens is 671 g/mol. The fraction of sp³-hybridized carbons (Fsp3) is 0.438. The van der Waals surface area contributed by atoms with Gasteiger partial charge in [0.2, 0.25) is 0 Å². The van der Waals surface area contributed by atoms with Crippen LogP contribution in [0.3, 0.4) is 0 Å². The van der Waals surface area contributed by atoms with Crippen LogP contribution in [0.1, 0.15) is 16.6 Å². The van der Waals surface area contributed by atoms with Crippen molar-refractivity contribution in [3.05, 3.63) is 83.8 Å². The smallest absolute Gasteiger partial charge is 0.161 e. The SMILES string of the molecule is F[P-](F)(F)(F)(F)F.[2H]c1c([2H])c([2H])c2c(c1[2H])OCCOCCOCCOc1ccc(C[NH2+]Cc3ccccc3)cc1OCCOCCOCCO2. The number of nitrogens with two attached hydrogens (primary N) is 1. The Bertz CT molecular complexity index is 1540. The third-order valence-electron chi connectivity index (χ3n) is 5.89. The number of para-hydroxylation sites is 2. The minimum atomic E-state index is -10.7. The first-order chi connectivity index (χ1) is 24.5. The van der Waals surface area contributed by atoms with Crippen LogP contribution < -0.4 is 24.3 Å². The Morgan fingerprint density at radius 1 is 0.500 bits per heavy atom. The average Bonchev–Trinajstić information content (AvgIpc) is 3.07. The van der Waals surface area contributed by atoms with Crippen molar-refractivity contribution < 1.29 is 73.9 Å². The summed E-state index contributed by atoms with van der Waals surface area (Å²) in [5.74, 6) is 1.16. The van der Waals surface area contributed by atoms with Crippen molar-refractivity contribution in [2.45, 2.75) is 13.1 Å². The number of quaternary nitrogens is 1. The molecule has 0 aromatic heterocycles. The van der Waals surface area contributed by atoms with Crippen molar-refractivity contribution in [3.8, 4) is 23.0 Å². The van der Waals surface area contributed by atoms with Crippen molar-refractivity contribution in [3.63, 3.8) is 0 Å². The summed E-state index contributed by atoms with van der Waals surface area (Å²) in [6, 6.07) is 14.9. The van der Waals surface area contributed by atoms with E-state index < -0.39 is 19.9 Å². The molecular formula is C32H42F6NO8P. The number of halogens is 6. The van der Waals surface area contributed by atoms with E-state index in [1.165, 1.54) is 5.56 Å². The molecule has 0 saturated heterocycles. The molecule has 3 aromatic rings. The number of fused-ring (bicyclic) bond motifs is 2. The van der Waals surface area contributed by atoms with Crippen molar-refractivity contribution in [1.29, 1.82) is 0 Å². The van der Waals surface area contributed by atoms with Gasteiger partial charge in [-0.2, -0.15) is 0 Å². The quantitative estimate of drug-likeness (QED) is 0.238. The molecule has 1 heterocycles. The molecule has 0 amide bonds. The molecule has 0 saturated carbocycles. The Morgan fingerprint density at radius 2 is 0.896 bits per heavy atom. The molecule has 0 unspecified atom stereocenters. The van der Waals surface area contributed by atoms with E-state index in [1.807, 2.05) is 36.4 Å². The molecule has 48 heavy (non-hydrogen) atoms. The van der Waals surface area contributed by atoms with Gasteiger partial charge in [0.1, 0.15) is 39.5 Å². The van der Waals surface area contributed by atoms with Crippen LogP contribution >= 0.6 is 7.81 Å². The number of hydrogen-bond donors (Lipinski definition) is 1. The van der Waals surface area contributed by atoms with E-state index in [0.717, 1.165) is 18.7 Å². The molecule has 1 aliphatic rings. The van der Waals surface area contributed by atoms with Crippen LogP contribution in [0.5, 0.6) is 23.0 Å². The molecule has 0 aliphatic carbocycles. The second-order valence-corrected chi connectivity index (χ2v) is 11.8. The summed E-state index contributed by atoms with van der Waals surface area (Å²) in [6.45, 7) is 4.91. The predicted octanol–water partition coefficient (Wildman–Crippen LogP) is 6.63. The van der Waals surface area contributed by atoms with E-state index in [2.05, 4.69) is 17.4 Å². The average molecular weight is 718 g/mol. The topological polar surface area (TPSA) is 90.5 Å². The first kappa shape index (κ1) is 33.2. The third-order valence-corrected chi connectivity index (χ3v) is 5.89. The standard InChI is InChI=1S/C32H41NO8.F6P/c1-2-6-27(7-3-1)25-33-26-28-10-11-31-32(24-28)41-23-19-37-15-14-35-17-21-39-30-9-5-4-8-29(30)38-20-16-34-12-13-36-18-22-40-31;1-7(2,3,4,5)6/h1-11,24,33H,12-23,25-26H2;/q;-1/p+1/i4D,5D,8D,9D;. The number of benzene rings is 3. The summed E-state index contributed by atoms with van der Waals surface area (Å²) < 4.78 is 137. The van der Waals surface area contributed by atoms with Gasteiger partial charge in [0.25, 0.3) is 0 Å². The molecule has 16 heteroatoms. The molecule has 2 N–H and O–H groups in total. The summed E-state index contributed by atoms with van der Waals surface area (Å²) in [4.78, 5) is 0. The molecule has 4 rings (SSSR count). The van der Waals surface area contributed by atoms with E-state index in [0.29, 0.717) is 64.4 Å². The van der Waals surface area contributed by atoms with Crippen LogP contribution in [-0.4, -0.2) is 79.3 Å². The Balaban J connectivity index is 0.000000944. The van der Waals surface area contributed by atoms with Gasteiger partial charge in [-0.1, -0.05) is 42.4 Å². The zero-order valence-corrected chi connectivity index (χ0v) is 27.0. The molecule has 270 valence electrons. The van der Waals surface area contributed by atoms with Gasteiger partial charge in [-0.3, -0.25) is 0 Å². The van der Waals surface area contributed by atoms with E-state index in [9.17, 15) is 25.2 Å². The van der Waals surface area contributed by atoms with E-state index in [4.69, 9.17) is 43.4 Å². The van der Waals surface area contributed by atoms with Gasteiger partial charge in [0, 0.05) is 11.1 Å². The Kier molecular flexibility index (Phi) is 13.1. The normalized spacial score (nSPS) is 18.9. The van der Waals surface area contributed by atoms with Crippen molar-refractivity contribution >= 4 is 7.81 Å². The molecule has 1 aliphatic heterocycles. The number of ether oxygens (including phenoxy) is 8. The summed E-state index contributed by atoms with van der Waals surface area (Å²) in [7, 11) is -10.7.